The second-order valence-electron chi connectivity index (χ2n) is 7.52. The minimum atomic E-state index is -0.119. The zero-order valence-corrected chi connectivity index (χ0v) is 17.3. The monoisotopic (exact) mass is 411 g/mol. The minimum Gasteiger partial charge on any atom is -0.356 e. The number of para-hydroxylation sites is 1. The van der Waals surface area contributed by atoms with Gasteiger partial charge >= 0.3 is 0 Å². The number of nitrogens with one attached hydrogen (secondary N) is 1. The van der Waals surface area contributed by atoms with Gasteiger partial charge in [0.1, 0.15) is 0 Å². The van der Waals surface area contributed by atoms with Gasteiger partial charge in [0.05, 0.1) is 17.2 Å². The van der Waals surface area contributed by atoms with E-state index in [1.807, 2.05) is 54.6 Å². The summed E-state index contributed by atoms with van der Waals surface area (Å²) in [5.74, 6) is 0.148. The Bertz CT molecular complexity index is 1160. The van der Waals surface area contributed by atoms with Crippen LogP contribution in [0.4, 0.5) is 0 Å². The molecule has 31 heavy (non-hydrogen) atoms. The summed E-state index contributed by atoms with van der Waals surface area (Å²) < 4.78 is 1.50. The number of amides is 1. The van der Waals surface area contributed by atoms with Crippen LogP contribution in [0, 0.1) is 0 Å². The van der Waals surface area contributed by atoms with Crippen LogP contribution in [0.15, 0.2) is 96.1 Å². The molecule has 0 aliphatic heterocycles. The van der Waals surface area contributed by atoms with Crippen LogP contribution in [0.5, 0.6) is 0 Å². The number of hydrogen-bond donors (Lipinski definition) is 1. The third kappa shape index (κ3) is 5.07. The van der Waals surface area contributed by atoms with Crippen molar-refractivity contribution in [1.82, 2.24) is 14.9 Å². The molecule has 0 saturated carbocycles. The smallest absolute Gasteiger partial charge is 0.261 e. The van der Waals surface area contributed by atoms with Gasteiger partial charge in [0.15, 0.2) is 0 Å². The van der Waals surface area contributed by atoms with Crippen molar-refractivity contribution >= 4 is 16.8 Å². The zero-order chi connectivity index (χ0) is 21.5. The highest BCUT2D eigenvalue weighted by Crippen LogP contribution is 2.27. The van der Waals surface area contributed by atoms with Gasteiger partial charge in [-0.3, -0.25) is 14.2 Å². The van der Waals surface area contributed by atoms with Crippen LogP contribution in [-0.4, -0.2) is 22.0 Å². The second kappa shape index (κ2) is 9.85. The Morgan fingerprint density at radius 1 is 0.871 bits per heavy atom. The molecule has 0 spiro atoms. The average Bonchev–Trinajstić information content (AvgIpc) is 2.83. The number of benzene rings is 3. The highest BCUT2D eigenvalue weighted by atomic mass is 16.1. The molecular formula is C26H25N3O2. The van der Waals surface area contributed by atoms with Gasteiger partial charge in [-0.15, -0.1) is 0 Å². The van der Waals surface area contributed by atoms with E-state index >= 15 is 0 Å². The number of fused-ring (bicyclic) bond motifs is 1. The molecule has 0 unspecified atom stereocenters. The molecule has 5 nitrogen and oxygen atoms in total. The van der Waals surface area contributed by atoms with Crippen LogP contribution in [0.25, 0.3) is 10.9 Å². The molecule has 0 atom stereocenters. The third-order valence-corrected chi connectivity index (χ3v) is 5.47. The predicted octanol–water partition coefficient (Wildman–Crippen LogP) is 4.13. The summed E-state index contributed by atoms with van der Waals surface area (Å²) in [6.07, 6.45) is 2.55. The van der Waals surface area contributed by atoms with E-state index in [0.717, 1.165) is 6.42 Å². The fraction of sp³-hybridized carbons (Fsp3) is 0.192. The normalized spacial score (nSPS) is 11.0. The van der Waals surface area contributed by atoms with Crippen molar-refractivity contribution < 1.29 is 4.79 Å². The Kier molecular flexibility index (Phi) is 6.53. The van der Waals surface area contributed by atoms with E-state index in [0.29, 0.717) is 24.0 Å². The lowest BCUT2D eigenvalue weighted by molar-refractivity contribution is -0.121. The Morgan fingerprint density at radius 3 is 2.16 bits per heavy atom. The summed E-state index contributed by atoms with van der Waals surface area (Å²) in [5, 5.41) is 3.57. The molecule has 1 aromatic heterocycles. The molecule has 1 heterocycles. The standard InChI is InChI=1S/C26H25N3O2/c30-25(16-18-29-19-28-24-14-8-7-13-23(24)26(29)31)27-17-15-22(20-9-3-1-4-10-20)21-11-5-2-6-12-21/h1-14,19,22H,15-18H2,(H,27,30). The molecule has 5 heteroatoms. The SMILES string of the molecule is O=C(CCn1cnc2ccccc2c1=O)NCCC(c1ccccc1)c1ccccc1. The van der Waals surface area contributed by atoms with Gasteiger partial charge in [0.2, 0.25) is 5.91 Å². The summed E-state index contributed by atoms with van der Waals surface area (Å²) in [6.45, 7) is 0.876. The van der Waals surface area contributed by atoms with E-state index in [4.69, 9.17) is 0 Å². The quantitative estimate of drug-likeness (QED) is 0.474. The van der Waals surface area contributed by atoms with Crippen molar-refractivity contribution in [2.45, 2.75) is 25.3 Å². The largest absolute Gasteiger partial charge is 0.356 e. The van der Waals surface area contributed by atoms with Gasteiger partial charge < -0.3 is 5.32 Å². The molecule has 0 saturated heterocycles. The highest BCUT2D eigenvalue weighted by Gasteiger charge is 2.14. The van der Waals surface area contributed by atoms with E-state index < -0.39 is 0 Å². The maximum absolute atomic E-state index is 12.5. The van der Waals surface area contributed by atoms with Gasteiger partial charge in [-0.1, -0.05) is 72.8 Å². The van der Waals surface area contributed by atoms with E-state index in [2.05, 4.69) is 34.6 Å². The van der Waals surface area contributed by atoms with E-state index in [1.165, 1.54) is 22.0 Å². The van der Waals surface area contributed by atoms with Crippen LogP contribution >= 0.6 is 0 Å². The maximum Gasteiger partial charge on any atom is 0.261 e. The van der Waals surface area contributed by atoms with Gasteiger partial charge in [-0.05, 0) is 29.7 Å². The molecule has 3 aromatic carbocycles. The van der Waals surface area contributed by atoms with Gasteiger partial charge in [0.25, 0.3) is 5.56 Å². The van der Waals surface area contributed by atoms with Crippen LogP contribution in [-0.2, 0) is 11.3 Å². The first-order chi connectivity index (χ1) is 15.2. The highest BCUT2D eigenvalue weighted by molar-refractivity contribution is 5.77. The molecule has 0 aliphatic rings. The second-order valence-corrected chi connectivity index (χ2v) is 7.52. The fourth-order valence-corrected chi connectivity index (χ4v) is 3.83. The lowest BCUT2D eigenvalue weighted by Crippen LogP contribution is -2.29. The summed E-state index contributed by atoms with van der Waals surface area (Å²) in [6, 6.07) is 27.9. The van der Waals surface area contributed by atoms with Crippen molar-refractivity contribution in [3.05, 3.63) is 113 Å². The Hall–Kier alpha value is -3.73. The molecule has 0 aliphatic carbocycles. The molecular weight excluding hydrogens is 386 g/mol. The fourth-order valence-electron chi connectivity index (χ4n) is 3.83. The first-order valence-electron chi connectivity index (χ1n) is 10.5. The maximum atomic E-state index is 12.5. The lowest BCUT2D eigenvalue weighted by atomic mass is 9.88. The molecule has 1 amide bonds. The molecule has 1 N–H and O–H groups in total. The van der Waals surface area contributed by atoms with Gasteiger partial charge in [0, 0.05) is 25.4 Å². The average molecular weight is 412 g/mol. The number of carbonyl (C=O) groups is 1. The van der Waals surface area contributed by atoms with Crippen molar-refractivity contribution in [2.75, 3.05) is 6.54 Å². The molecule has 4 aromatic rings. The van der Waals surface area contributed by atoms with Crippen molar-refractivity contribution in [1.29, 1.82) is 0 Å². The van der Waals surface area contributed by atoms with Gasteiger partial charge in [-0.2, -0.15) is 0 Å². The third-order valence-electron chi connectivity index (χ3n) is 5.47. The number of nitrogens with zero attached hydrogens (tertiary/aromatic N) is 2. The molecule has 0 radical (unpaired) electrons. The van der Waals surface area contributed by atoms with E-state index in [-0.39, 0.29) is 23.8 Å². The van der Waals surface area contributed by atoms with Crippen LogP contribution in [0.2, 0.25) is 0 Å². The molecule has 0 fully saturated rings. The summed E-state index contributed by atoms with van der Waals surface area (Å²) in [4.78, 5) is 29.3. The number of hydrogen-bond acceptors (Lipinski definition) is 3. The Morgan fingerprint density at radius 2 is 1.48 bits per heavy atom. The molecule has 156 valence electrons. The van der Waals surface area contributed by atoms with Gasteiger partial charge in [-0.25, -0.2) is 4.98 Å². The molecule has 4 rings (SSSR count). The topological polar surface area (TPSA) is 64.0 Å². The minimum absolute atomic E-state index is 0.0695. The van der Waals surface area contributed by atoms with Crippen molar-refractivity contribution in [2.24, 2.45) is 0 Å². The molecule has 0 bridgehead atoms. The number of aryl methyl sites for hydroxylation is 1. The number of aromatic nitrogens is 2. The zero-order valence-electron chi connectivity index (χ0n) is 17.3. The summed E-state index contributed by atoms with van der Waals surface area (Å²) in [5.41, 5.74) is 3.01. The first-order valence-corrected chi connectivity index (χ1v) is 10.5. The Labute approximate surface area is 181 Å². The number of rotatable bonds is 8. The first kappa shape index (κ1) is 20.5. The van der Waals surface area contributed by atoms with E-state index in [1.54, 1.807) is 6.07 Å². The lowest BCUT2D eigenvalue weighted by Gasteiger charge is -2.18. The Balaban J connectivity index is 1.35. The van der Waals surface area contributed by atoms with Crippen LogP contribution < -0.4 is 10.9 Å². The van der Waals surface area contributed by atoms with E-state index in [9.17, 15) is 9.59 Å². The van der Waals surface area contributed by atoms with Crippen molar-refractivity contribution in [3.8, 4) is 0 Å². The van der Waals surface area contributed by atoms with Crippen LogP contribution in [0.3, 0.4) is 0 Å². The number of carbonyl (C=O) groups excluding carboxylic acids is 1. The van der Waals surface area contributed by atoms with Crippen molar-refractivity contribution in [3.63, 3.8) is 0 Å². The summed E-state index contributed by atoms with van der Waals surface area (Å²) >= 11 is 0. The predicted molar refractivity (Wildman–Crippen MR) is 123 cm³/mol. The van der Waals surface area contributed by atoms with Crippen LogP contribution in [0.1, 0.15) is 29.9 Å². The summed E-state index contributed by atoms with van der Waals surface area (Å²) in [7, 11) is 0.